The molecule has 1 aromatic carbocycles. The van der Waals surface area contributed by atoms with Gasteiger partial charge in [-0.2, -0.15) is 0 Å². The van der Waals surface area contributed by atoms with Crippen LogP contribution in [0.2, 0.25) is 0 Å². The average molecular weight is 230 g/mol. The molecule has 82 valence electrons. The first-order valence-electron chi connectivity index (χ1n) is 4.16. The molecule has 0 aliphatic carbocycles. The summed E-state index contributed by atoms with van der Waals surface area (Å²) in [6, 6.07) is 2.50. The number of aldehydes is 1. The molecule has 1 aromatic rings. The number of carbonyl (C=O) groups is 1. The van der Waals surface area contributed by atoms with E-state index >= 15 is 0 Å². The highest BCUT2D eigenvalue weighted by Crippen LogP contribution is 2.34. The molecule has 2 N–H and O–H groups in total. The highest BCUT2D eigenvalue weighted by molar-refractivity contribution is 7.79. The van der Waals surface area contributed by atoms with Crippen molar-refractivity contribution < 1.29 is 23.4 Å². The number of benzene rings is 1. The van der Waals surface area contributed by atoms with Gasteiger partial charge in [0, 0.05) is 5.56 Å². The molecule has 6 heteroatoms. The van der Waals surface area contributed by atoms with E-state index in [1.807, 2.05) is 0 Å². The first kappa shape index (κ1) is 11.7. The van der Waals surface area contributed by atoms with Crippen molar-refractivity contribution in [3.05, 3.63) is 17.7 Å². The Morgan fingerprint density at radius 1 is 1.53 bits per heavy atom. The van der Waals surface area contributed by atoms with Crippen LogP contribution < -0.4 is 4.74 Å². The lowest BCUT2D eigenvalue weighted by molar-refractivity contribution is 0.111. The van der Waals surface area contributed by atoms with E-state index in [9.17, 15) is 14.1 Å². The Morgan fingerprint density at radius 3 is 2.67 bits per heavy atom. The Labute approximate surface area is 89.0 Å². The fourth-order valence-corrected chi connectivity index (χ4v) is 1.76. The standard InChI is InChI=1S/C9H10O5S/c1-2-14-8-7(11)4-3-6(5-10)9(8)15(12)13/h3-5,11H,2H2,1H3,(H,12,13). The van der Waals surface area contributed by atoms with Gasteiger partial charge in [-0.15, -0.1) is 0 Å². The van der Waals surface area contributed by atoms with Crippen molar-refractivity contribution in [1.82, 2.24) is 0 Å². The molecule has 0 spiro atoms. The molecule has 0 bridgehead atoms. The highest BCUT2D eigenvalue weighted by atomic mass is 32.2. The molecular weight excluding hydrogens is 220 g/mol. The van der Waals surface area contributed by atoms with Crippen LogP contribution in [-0.2, 0) is 11.1 Å². The SMILES string of the molecule is CCOc1c(O)ccc(C=O)c1S(=O)O. The van der Waals surface area contributed by atoms with E-state index in [0.717, 1.165) is 0 Å². The van der Waals surface area contributed by atoms with Gasteiger partial charge < -0.3 is 14.4 Å². The predicted octanol–water partition coefficient (Wildman–Crippen LogP) is 1.18. The first-order valence-corrected chi connectivity index (χ1v) is 5.27. The summed E-state index contributed by atoms with van der Waals surface area (Å²) in [5.41, 5.74) is 0.0251. The second-order valence-corrected chi connectivity index (χ2v) is 3.54. The van der Waals surface area contributed by atoms with Gasteiger partial charge >= 0.3 is 0 Å². The summed E-state index contributed by atoms with van der Waals surface area (Å²) in [6.45, 7) is 1.89. The zero-order valence-electron chi connectivity index (χ0n) is 7.97. The quantitative estimate of drug-likeness (QED) is 0.599. The van der Waals surface area contributed by atoms with Crippen molar-refractivity contribution in [1.29, 1.82) is 0 Å². The largest absolute Gasteiger partial charge is 0.504 e. The molecule has 0 fully saturated rings. The minimum Gasteiger partial charge on any atom is -0.504 e. The van der Waals surface area contributed by atoms with Crippen LogP contribution >= 0.6 is 0 Å². The van der Waals surface area contributed by atoms with E-state index in [0.29, 0.717) is 6.29 Å². The number of ether oxygens (including phenoxy) is 1. The van der Waals surface area contributed by atoms with E-state index in [4.69, 9.17) is 9.29 Å². The molecule has 1 unspecified atom stereocenters. The van der Waals surface area contributed by atoms with Gasteiger partial charge in [-0.05, 0) is 19.1 Å². The third-order valence-corrected chi connectivity index (χ3v) is 2.48. The van der Waals surface area contributed by atoms with Crippen LogP contribution in [0.15, 0.2) is 17.0 Å². The van der Waals surface area contributed by atoms with Crippen molar-refractivity contribution >= 4 is 17.4 Å². The lowest BCUT2D eigenvalue weighted by Crippen LogP contribution is -2.02. The number of rotatable bonds is 4. The Kier molecular flexibility index (Phi) is 3.81. The van der Waals surface area contributed by atoms with Gasteiger partial charge in [0.1, 0.15) is 4.90 Å². The van der Waals surface area contributed by atoms with Crippen molar-refractivity contribution in [2.24, 2.45) is 0 Å². The highest BCUT2D eigenvalue weighted by Gasteiger charge is 2.18. The number of hydrogen-bond donors (Lipinski definition) is 2. The minimum atomic E-state index is -2.38. The summed E-state index contributed by atoms with van der Waals surface area (Å²) >= 11 is -2.38. The van der Waals surface area contributed by atoms with E-state index in [-0.39, 0.29) is 28.6 Å². The van der Waals surface area contributed by atoms with Crippen molar-refractivity contribution in [3.63, 3.8) is 0 Å². The molecule has 0 aliphatic heterocycles. The van der Waals surface area contributed by atoms with Crippen molar-refractivity contribution in [3.8, 4) is 11.5 Å². The molecule has 0 saturated heterocycles. The van der Waals surface area contributed by atoms with Crippen LogP contribution in [0.25, 0.3) is 0 Å². The van der Waals surface area contributed by atoms with Crippen LogP contribution in [0, 0.1) is 0 Å². The van der Waals surface area contributed by atoms with E-state index in [1.165, 1.54) is 12.1 Å². The fraction of sp³-hybridized carbons (Fsp3) is 0.222. The molecule has 0 aliphatic rings. The van der Waals surface area contributed by atoms with Crippen LogP contribution in [0.5, 0.6) is 11.5 Å². The van der Waals surface area contributed by atoms with Crippen LogP contribution in [0.1, 0.15) is 17.3 Å². The lowest BCUT2D eigenvalue weighted by atomic mass is 10.2. The summed E-state index contributed by atoms with van der Waals surface area (Å²) in [5, 5.41) is 9.40. The van der Waals surface area contributed by atoms with E-state index < -0.39 is 11.1 Å². The summed E-state index contributed by atoms with van der Waals surface area (Å²) in [5.74, 6) is -0.386. The summed E-state index contributed by atoms with van der Waals surface area (Å²) in [7, 11) is 0. The van der Waals surface area contributed by atoms with Gasteiger partial charge in [0.25, 0.3) is 0 Å². The number of phenolic OH excluding ortho intramolecular Hbond substituents is 1. The van der Waals surface area contributed by atoms with Gasteiger partial charge in [-0.3, -0.25) is 4.79 Å². The van der Waals surface area contributed by atoms with Gasteiger partial charge in [0.2, 0.25) is 0 Å². The third-order valence-electron chi connectivity index (χ3n) is 1.71. The van der Waals surface area contributed by atoms with Gasteiger partial charge in [-0.25, -0.2) is 4.21 Å². The summed E-state index contributed by atoms with van der Waals surface area (Å²) in [4.78, 5) is 10.4. The molecule has 0 saturated carbocycles. The average Bonchev–Trinajstić information content (AvgIpc) is 2.20. The summed E-state index contributed by atoms with van der Waals surface area (Å²) < 4.78 is 25.0. The molecule has 0 aromatic heterocycles. The van der Waals surface area contributed by atoms with Crippen LogP contribution in [-0.4, -0.2) is 26.8 Å². The van der Waals surface area contributed by atoms with Gasteiger partial charge in [0.15, 0.2) is 28.9 Å². The Hall–Kier alpha value is -1.40. The van der Waals surface area contributed by atoms with Crippen LogP contribution in [0.3, 0.4) is 0 Å². The first-order chi connectivity index (χ1) is 7.11. The minimum absolute atomic E-state index is 0.0251. The monoisotopic (exact) mass is 230 g/mol. The molecule has 0 heterocycles. The smallest absolute Gasteiger partial charge is 0.191 e. The second-order valence-electron chi connectivity index (χ2n) is 2.63. The zero-order chi connectivity index (χ0) is 11.4. The normalized spacial score (nSPS) is 12.1. The lowest BCUT2D eigenvalue weighted by Gasteiger charge is -2.10. The van der Waals surface area contributed by atoms with Gasteiger partial charge in [0.05, 0.1) is 6.61 Å². The van der Waals surface area contributed by atoms with Crippen molar-refractivity contribution in [2.75, 3.05) is 6.61 Å². The maximum atomic E-state index is 11.0. The zero-order valence-corrected chi connectivity index (χ0v) is 8.78. The number of hydrogen-bond acceptors (Lipinski definition) is 4. The predicted molar refractivity (Wildman–Crippen MR) is 53.7 cm³/mol. The van der Waals surface area contributed by atoms with E-state index in [1.54, 1.807) is 6.92 Å². The Bertz CT molecular complexity index is 402. The molecule has 0 radical (unpaired) electrons. The second kappa shape index (κ2) is 4.90. The fourth-order valence-electron chi connectivity index (χ4n) is 1.12. The topological polar surface area (TPSA) is 83.8 Å². The number of aromatic hydroxyl groups is 1. The summed E-state index contributed by atoms with van der Waals surface area (Å²) in [6.07, 6.45) is 0.436. The maximum absolute atomic E-state index is 11.0. The molecule has 15 heavy (non-hydrogen) atoms. The third kappa shape index (κ3) is 2.34. The van der Waals surface area contributed by atoms with Crippen LogP contribution in [0.4, 0.5) is 0 Å². The molecule has 1 atom stereocenters. The molecular formula is C9H10O5S. The Balaban J connectivity index is 3.43. The van der Waals surface area contributed by atoms with Crippen molar-refractivity contribution in [2.45, 2.75) is 11.8 Å². The number of phenols is 1. The molecule has 5 nitrogen and oxygen atoms in total. The van der Waals surface area contributed by atoms with Gasteiger partial charge in [-0.1, -0.05) is 0 Å². The number of carbonyl (C=O) groups excluding carboxylic acids is 1. The molecule has 0 amide bonds. The Morgan fingerprint density at radius 2 is 2.20 bits per heavy atom. The molecule has 1 rings (SSSR count). The van der Waals surface area contributed by atoms with E-state index in [2.05, 4.69) is 0 Å². The maximum Gasteiger partial charge on any atom is 0.191 e.